The van der Waals surface area contributed by atoms with Crippen LogP contribution in [0.3, 0.4) is 0 Å². The number of carbonyl (C=O) groups excluding carboxylic acids is 1. The van der Waals surface area contributed by atoms with Gasteiger partial charge >= 0.3 is 0 Å². The van der Waals surface area contributed by atoms with Crippen molar-refractivity contribution in [2.45, 2.75) is 59.2 Å². The lowest BCUT2D eigenvalue weighted by Gasteiger charge is -2.32. The summed E-state index contributed by atoms with van der Waals surface area (Å²) in [6.07, 6.45) is -0.304. The number of aliphatic hydroxyl groups excluding tert-OH is 1. The summed E-state index contributed by atoms with van der Waals surface area (Å²) in [6.45, 7) is 10.1. The highest BCUT2D eigenvalue weighted by molar-refractivity contribution is 5.86. The third kappa shape index (κ3) is 3.96. The first kappa shape index (κ1) is 18.5. The van der Waals surface area contributed by atoms with Crippen LogP contribution in [-0.2, 0) is 4.79 Å². The minimum atomic E-state index is -0.652. The molecule has 0 aliphatic rings. The maximum Gasteiger partial charge on any atom is 0.223 e. The lowest BCUT2D eigenvalue weighted by Crippen LogP contribution is -2.42. The van der Waals surface area contributed by atoms with Gasteiger partial charge in [0, 0.05) is 18.5 Å². The van der Waals surface area contributed by atoms with Crippen LogP contribution in [0.1, 0.15) is 52.7 Å². The van der Waals surface area contributed by atoms with Crippen LogP contribution in [0.5, 0.6) is 0 Å². The number of aliphatic hydroxyl groups is 1. The average molecular weight is 327 g/mol. The summed E-state index contributed by atoms with van der Waals surface area (Å²) in [7, 11) is 0. The molecule has 3 heteroatoms. The van der Waals surface area contributed by atoms with Gasteiger partial charge in [0.25, 0.3) is 0 Å². The normalized spacial score (nSPS) is 14.2. The highest BCUT2D eigenvalue weighted by atomic mass is 16.3. The number of rotatable bonds is 6. The molecule has 3 nitrogen and oxygen atoms in total. The van der Waals surface area contributed by atoms with Gasteiger partial charge in [-0.05, 0) is 49.9 Å². The van der Waals surface area contributed by atoms with Crippen LogP contribution >= 0.6 is 0 Å². The Balaban J connectivity index is 2.20. The summed E-state index contributed by atoms with van der Waals surface area (Å²) in [5.74, 6) is -0.0323. The average Bonchev–Trinajstić information content (AvgIpc) is 2.52. The molecule has 0 fully saturated rings. The van der Waals surface area contributed by atoms with E-state index < -0.39 is 6.10 Å². The van der Waals surface area contributed by atoms with Gasteiger partial charge in [0.05, 0.1) is 6.10 Å². The molecule has 1 amide bonds. The van der Waals surface area contributed by atoms with Crippen molar-refractivity contribution in [1.29, 1.82) is 0 Å². The summed E-state index contributed by atoms with van der Waals surface area (Å²) >= 11 is 0. The van der Waals surface area contributed by atoms with Gasteiger partial charge in [-0.15, -0.1) is 0 Å². The highest BCUT2D eigenvalue weighted by Crippen LogP contribution is 2.31. The standard InChI is InChI=1S/C21H29NO2/c1-14(2)22(15(3)4)20(23)13-16(5)21(24)19-12-8-10-17-9-6-7-11-18(17)19/h6-12,14-16,21,24H,13H2,1-5H3/t16-,21+/m1/s1. The maximum atomic E-state index is 12.7. The molecule has 0 unspecified atom stereocenters. The summed E-state index contributed by atoms with van der Waals surface area (Å²) in [5.41, 5.74) is 0.897. The van der Waals surface area contributed by atoms with E-state index in [1.54, 1.807) is 0 Å². The van der Waals surface area contributed by atoms with E-state index in [9.17, 15) is 9.90 Å². The predicted octanol–water partition coefficient (Wildman–Crippen LogP) is 4.54. The number of amides is 1. The molecule has 2 rings (SSSR count). The molecule has 0 spiro atoms. The minimum Gasteiger partial charge on any atom is -0.388 e. The number of benzene rings is 2. The number of fused-ring (bicyclic) bond motifs is 1. The summed E-state index contributed by atoms with van der Waals surface area (Å²) in [5, 5.41) is 13.0. The van der Waals surface area contributed by atoms with Gasteiger partial charge in [-0.1, -0.05) is 49.4 Å². The zero-order valence-electron chi connectivity index (χ0n) is 15.4. The SMILES string of the molecule is CC(C)N(C(=O)C[C@@H](C)[C@H](O)c1cccc2ccccc12)C(C)C. The molecule has 0 aromatic heterocycles. The van der Waals surface area contributed by atoms with E-state index in [0.29, 0.717) is 6.42 Å². The van der Waals surface area contributed by atoms with E-state index in [-0.39, 0.29) is 23.9 Å². The van der Waals surface area contributed by atoms with Crippen molar-refractivity contribution >= 4 is 16.7 Å². The molecule has 2 aromatic rings. The molecule has 0 saturated heterocycles. The van der Waals surface area contributed by atoms with Crippen LogP contribution in [-0.4, -0.2) is 28.0 Å². The first-order valence-corrected chi connectivity index (χ1v) is 8.79. The zero-order valence-corrected chi connectivity index (χ0v) is 15.4. The fourth-order valence-corrected chi connectivity index (χ4v) is 3.48. The number of hydrogen-bond donors (Lipinski definition) is 1. The third-order valence-electron chi connectivity index (χ3n) is 4.58. The molecule has 2 atom stereocenters. The first-order chi connectivity index (χ1) is 11.3. The van der Waals surface area contributed by atoms with Crippen molar-refractivity contribution in [2.75, 3.05) is 0 Å². The third-order valence-corrected chi connectivity index (χ3v) is 4.58. The lowest BCUT2D eigenvalue weighted by atomic mass is 9.90. The molecular weight excluding hydrogens is 298 g/mol. The first-order valence-electron chi connectivity index (χ1n) is 8.79. The topological polar surface area (TPSA) is 40.5 Å². The van der Waals surface area contributed by atoms with Gasteiger partial charge in [0.1, 0.15) is 0 Å². The Morgan fingerprint density at radius 3 is 2.17 bits per heavy atom. The highest BCUT2D eigenvalue weighted by Gasteiger charge is 2.26. The lowest BCUT2D eigenvalue weighted by molar-refractivity contribution is -0.136. The quantitative estimate of drug-likeness (QED) is 0.846. The van der Waals surface area contributed by atoms with E-state index in [1.807, 2.05) is 82.0 Å². The van der Waals surface area contributed by atoms with Gasteiger partial charge in [-0.3, -0.25) is 4.79 Å². The van der Waals surface area contributed by atoms with Gasteiger partial charge in [0.15, 0.2) is 0 Å². The molecule has 24 heavy (non-hydrogen) atoms. The van der Waals surface area contributed by atoms with Crippen molar-refractivity contribution in [3.63, 3.8) is 0 Å². The molecule has 0 aliphatic heterocycles. The second-order valence-electron chi connectivity index (χ2n) is 7.18. The van der Waals surface area contributed by atoms with Gasteiger partial charge in [0.2, 0.25) is 5.91 Å². The molecule has 2 aromatic carbocycles. The summed E-state index contributed by atoms with van der Waals surface area (Å²) in [6, 6.07) is 14.3. The van der Waals surface area contributed by atoms with Crippen molar-refractivity contribution in [3.05, 3.63) is 48.0 Å². The molecule has 130 valence electrons. The Morgan fingerprint density at radius 2 is 1.54 bits per heavy atom. The Labute approximate surface area is 145 Å². The fourth-order valence-electron chi connectivity index (χ4n) is 3.48. The predicted molar refractivity (Wildman–Crippen MR) is 99.8 cm³/mol. The van der Waals surface area contributed by atoms with Crippen LogP contribution in [0.4, 0.5) is 0 Å². The maximum absolute atomic E-state index is 12.7. The van der Waals surface area contributed by atoms with Crippen LogP contribution in [0, 0.1) is 5.92 Å². The number of nitrogens with zero attached hydrogens (tertiary/aromatic N) is 1. The molecule has 0 radical (unpaired) electrons. The Bertz CT molecular complexity index is 680. The number of carbonyl (C=O) groups is 1. The molecule has 0 aliphatic carbocycles. The monoisotopic (exact) mass is 327 g/mol. The van der Waals surface area contributed by atoms with Gasteiger partial charge < -0.3 is 10.0 Å². The van der Waals surface area contributed by atoms with E-state index in [1.165, 1.54) is 0 Å². The van der Waals surface area contributed by atoms with Gasteiger partial charge in [-0.25, -0.2) is 0 Å². The van der Waals surface area contributed by atoms with E-state index in [4.69, 9.17) is 0 Å². The van der Waals surface area contributed by atoms with Crippen LogP contribution in [0.25, 0.3) is 10.8 Å². The molecule has 1 N–H and O–H groups in total. The van der Waals surface area contributed by atoms with Crippen molar-refractivity contribution in [2.24, 2.45) is 5.92 Å². The van der Waals surface area contributed by atoms with E-state index in [2.05, 4.69) is 0 Å². The summed E-state index contributed by atoms with van der Waals surface area (Å²) < 4.78 is 0. The minimum absolute atomic E-state index is 0.104. The second kappa shape index (κ2) is 7.80. The largest absolute Gasteiger partial charge is 0.388 e. The Hall–Kier alpha value is -1.87. The van der Waals surface area contributed by atoms with E-state index >= 15 is 0 Å². The molecule has 0 heterocycles. The summed E-state index contributed by atoms with van der Waals surface area (Å²) in [4.78, 5) is 14.5. The smallest absolute Gasteiger partial charge is 0.223 e. The van der Waals surface area contributed by atoms with Crippen LogP contribution < -0.4 is 0 Å². The molecule has 0 bridgehead atoms. The molecular formula is C21H29NO2. The van der Waals surface area contributed by atoms with Crippen molar-refractivity contribution in [3.8, 4) is 0 Å². The van der Waals surface area contributed by atoms with Crippen LogP contribution in [0.15, 0.2) is 42.5 Å². The number of hydrogen-bond acceptors (Lipinski definition) is 2. The Morgan fingerprint density at radius 1 is 0.958 bits per heavy atom. The van der Waals surface area contributed by atoms with Gasteiger partial charge in [-0.2, -0.15) is 0 Å². The van der Waals surface area contributed by atoms with E-state index in [0.717, 1.165) is 16.3 Å². The fraction of sp³-hybridized carbons (Fsp3) is 0.476. The van der Waals surface area contributed by atoms with Crippen LogP contribution in [0.2, 0.25) is 0 Å². The van der Waals surface area contributed by atoms with Crippen molar-refractivity contribution < 1.29 is 9.90 Å². The van der Waals surface area contributed by atoms with Crippen molar-refractivity contribution in [1.82, 2.24) is 4.90 Å². The Kier molecular flexibility index (Phi) is 6.00. The second-order valence-corrected chi connectivity index (χ2v) is 7.18. The molecule has 0 saturated carbocycles. The zero-order chi connectivity index (χ0) is 17.9.